The van der Waals surface area contributed by atoms with E-state index in [1.165, 1.54) is 46.1 Å². The second-order valence-electron chi connectivity index (χ2n) is 14.9. The molecule has 2 unspecified atom stereocenters. The molecule has 1 saturated carbocycles. The molecule has 0 radical (unpaired) electrons. The number of halogens is 3. The van der Waals surface area contributed by atoms with Crippen molar-refractivity contribution in [1.82, 2.24) is 20.9 Å². The van der Waals surface area contributed by atoms with E-state index < -0.39 is 76.5 Å². The predicted octanol–water partition coefficient (Wildman–Crippen LogP) is 6.00. The number of ether oxygens (including phenoxy) is 5. The van der Waals surface area contributed by atoms with Gasteiger partial charge in [0.1, 0.15) is 35.3 Å². The van der Waals surface area contributed by atoms with Gasteiger partial charge in [-0.2, -0.15) is 13.2 Å². The molecule has 2 amide bonds. The SMILES string of the molecule is CCOC(=O)[C@@]12C[C@H]1/C=C\CCCCC[C@H](NC(=O)OC(C)(C)C)C(=O)NCC(C)Oc1c(C(F)(F)F)nc3ccc(OC)cc3c1C(C)(O)O[C@@H](C)N2. The Morgan fingerprint density at radius 3 is 2.52 bits per heavy atom. The van der Waals surface area contributed by atoms with Gasteiger partial charge < -0.3 is 39.4 Å². The topological polar surface area (TPSA) is 167 Å². The van der Waals surface area contributed by atoms with Crippen LogP contribution in [0.1, 0.15) is 98.2 Å². The van der Waals surface area contributed by atoms with E-state index in [0.29, 0.717) is 19.3 Å². The lowest BCUT2D eigenvalue weighted by atomic mass is 9.98. The van der Waals surface area contributed by atoms with Crippen molar-refractivity contribution < 1.29 is 56.3 Å². The molecule has 1 fully saturated rings. The maximum absolute atomic E-state index is 14.8. The third kappa shape index (κ3) is 10.7. The minimum Gasteiger partial charge on any atom is -0.497 e. The lowest BCUT2D eigenvalue weighted by Crippen LogP contribution is -2.50. The molecule has 1 aromatic carbocycles. The van der Waals surface area contributed by atoms with Gasteiger partial charge in [-0.25, -0.2) is 9.78 Å². The number of aliphatic hydroxyl groups is 1. The summed E-state index contributed by atoms with van der Waals surface area (Å²) >= 11 is 0. The van der Waals surface area contributed by atoms with E-state index in [-0.39, 0.29) is 42.1 Å². The normalized spacial score (nSPS) is 28.2. The zero-order valence-electron chi connectivity index (χ0n) is 32.1. The van der Waals surface area contributed by atoms with E-state index in [4.69, 9.17) is 23.7 Å². The first-order chi connectivity index (χ1) is 25.2. The average Bonchev–Trinajstić information content (AvgIpc) is 3.76. The Kier molecular flexibility index (Phi) is 13.5. The summed E-state index contributed by atoms with van der Waals surface area (Å²) in [5, 5.41) is 20.5. The van der Waals surface area contributed by atoms with Crippen LogP contribution in [-0.2, 0) is 35.8 Å². The van der Waals surface area contributed by atoms with Gasteiger partial charge in [-0.3, -0.25) is 14.9 Å². The molecular formula is C38H53F3N4O9. The Labute approximate surface area is 313 Å². The van der Waals surface area contributed by atoms with E-state index in [1.54, 1.807) is 27.7 Å². The van der Waals surface area contributed by atoms with Gasteiger partial charge in [0.05, 0.1) is 31.3 Å². The van der Waals surface area contributed by atoms with Crippen LogP contribution in [0.2, 0.25) is 0 Å². The molecule has 0 saturated heterocycles. The molecule has 0 bridgehead atoms. The van der Waals surface area contributed by atoms with Crippen molar-refractivity contribution in [3.63, 3.8) is 0 Å². The molecule has 300 valence electrons. The van der Waals surface area contributed by atoms with E-state index in [9.17, 15) is 32.7 Å². The van der Waals surface area contributed by atoms with Gasteiger partial charge in [0.25, 0.3) is 0 Å². The monoisotopic (exact) mass is 766 g/mol. The van der Waals surface area contributed by atoms with Crippen LogP contribution in [0.15, 0.2) is 30.4 Å². The number of alkyl halides is 3. The quantitative estimate of drug-likeness (QED) is 0.213. The van der Waals surface area contributed by atoms with Crippen molar-refractivity contribution in [3.8, 4) is 11.5 Å². The summed E-state index contributed by atoms with van der Waals surface area (Å²) in [5.74, 6) is -4.45. The van der Waals surface area contributed by atoms with Gasteiger partial charge in [0.15, 0.2) is 17.2 Å². The standard InChI is InChI=1S/C38H53F3N4O9/c1-9-51-33(47)37-20-24(37)15-13-11-10-12-14-16-28(44-34(48)54-35(4,5)6)32(46)42-21-22(2)52-30-29(36(7,49)53-23(3)45-37)26-19-25(50-8)17-18-27(26)43-31(30)38(39,40)41/h13,15,17-19,22-24,28,45,49H,9-12,14,16,20-21H2,1-8H3,(H,42,46)(H,44,48)/b15-13-/t22?,23-,24+,28-,36?,37+/m0/s1. The Balaban J connectivity index is 1.80. The van der Waals surface area contributed by atoms with Crippen LogP contribution in [0.4, 0.5) is 18.0 Å². The maximum atomic E-state index is 14.8. The van der Waals surface area contributed by atoms with Crippen molar-refractivity contribution in [1.29, 1.82) is 0 Å². The van der Waals surface area contributed by atoms with Crippen molar-refractivity contribution in [2.45, 2.75) is 128 Å². The second kappa shape index (κ2) is 17.1. The molecule has 1 aromatic heterocycles. The molecule has 16 heteroatoms. The number of alkyl carbamates (subject to hydrolysis) is 1. The van der Waals surface area contributed by atoms with Gasteiger partial charge in [-0.05, 0) is 92.3 Å². The van der Waals surface area contributed by atoms with Gasteiger partial charge >= 0.3 is 18.2 Å². The molecule has 4 rings (SSSR count). The van der Waals surface area contributed by atoms with Crippen molar-refractivity contribution in [3.05, 3.63) is 41.6 Å². The van der Waals surface area contributed by atoms with Crippen LogP contribution in [0.25, 0.3) is 10.9 Å². The summed E-state index contributed by atoms with van der Waals surface area (Å²) in [5.41, 5.74) is -3.98. The van der Waals surface area contributed by atoms with Crippen molar-refractivity contribution in [2.24, 2.45) is 5.92 Å². The number of amides is 2. The van der Waals surface area contributed by atoms with Crippen LogP contribution < -0.4 is 25.4 Å². The largest absolute Gasteiger partial charge is 0.497 e. The lowest BCUT2D eigenvalue weighted by molar-refractivity contribution is -0.232. The number of aromatic nitrogens is 1. The number of esters is 1. The van der Waals surface area contributed by atoms with Gasteiger partial charge in [0.2, 0.25) is 5.91 Å². The number of methoxy groups -OCH3 is 1. The minimum atomic E-state index is -5.06. The number of nitrogens with zero attached hydrogens (tertiary/aromatic N) is 1. The molecule has 1 aliphatic heterocycles. The van der Waals surface area contributed by atoms with E-state index in [2.05, 4.69) is 20.9 Å². The number of rotatable bonds is 4. The van der Waals surface area contributed by atoms with Crippen LogP contribution in [0, 0.1) is 5.92 Å². The van der Waals surface area contributed by atoms with Gasteiger partial charge in [-0.1, -0.05) is 25.0 Å². The highest BCUT2D eigenvalue weighted by atomic mass is 19.4. The molecule has 2 aliphatic rings. The zero-order chi connectivity index (χ0) is 40.1. The highest BCUT2D eigenvalue weighted by Gasteiger charge is 2.61. The molecule has 6 atom stereocenters. The zero-order valence-corrected chi connectivity index (χ0v) is 32.1. The summed E-state index contributed by atoms with van der Waals surface area (Å²) in [7, 11) is 1.38. The van der Waals surface area contributed by atoms with Crippen molar-refractivity contribution in [2.75, 3.05) is 20.3 Å². The lowest BCUT2D eigenvalue weighted by Gasteiger charge is -2.34. The molecule has 4 N–H and O–H groups in total. The molecule has 1 aliphatic carbocycles. The number of fused-ring (bicyclic) bond motifs is 4. The Hall–Kier alpha value is -4.15. The maximum Gasteiger partial charge on any atom is 0.437 e. The first-order valence-electron chi connectivity index (χ1n) is 18.3. The summed E-state index contributed by atoms with van der Waals surface area (Å²) in [6.07, 6.45) is -0.833. The number of hydrogen-bond acceptors (Lipinski definition) is 11. The fourth-order valence-electron chi connectivity index (χ4n) is 6.53. The predicted molar refractivity (Wildman–Crippen MR) is 193 cm³/mol. The summed E-state index contributed by atoms with van der Waals surface area (Å²) in [6.45, 7) is 10.7. The number of pyridine rings is 1. The molecule has 2 aromatic rings. The number of allylic oxidation sites excluding steroid dienone is 1. The van der Waals surface area contributed by atoms with E-state index in [1.807, 2.05) is 12.2 Å². The second-order valence-corrected chi connectivity index (χ2v) is 14.9. The fourth-order valence-corrected chi connectivity index (χ4v) is 6.53. The molecule has 0 spiro atoms. The average molecular weight is 767 g/mol. The third-order valence-electron chi connectivity index (χ3n) is 9.02. The summed E-state index contributed by atoms with van der Waals surface area (Å²) in [4.78, 5) is 43.3. The highest BCUT2D eigenvalue weighted by Crippen LogP contribution is 2.48. The Morgan fingerprint density at radius 1 is 1.15 bits per heavy atom. The number of benzene rings is 1. The van der Waals surface area contributed by atoms with Crippen LogP contribution in [-0.4, -0.2) is 77.8 Å². The van der Waals surface area contributed by atoms with Crippen LogP contribution in [0.5, 0.6) is 11.5 Å². The summed E-state index contributed by atoms with van der Waals surface area (Å²) in [6, 6.07) is 3.15. The van der Waals surface area contributed by atoms with E-state index in [0.717, 1.165) is 12.8 Å². The van der Waals surface area contributed by atoms with E-state index >= 15 is 0 Å². The molecule has 13 nitrogen and oxygen atoms in total. The summed E-state index contributed by atoms with van der Waals surface area (Å²) < 4.78 is 72.6. The number of carbonyl (C=O) groups excluding carboxylic acids is 3. The Morgan fingerprint density at radius 2 is 1.87 bits per heavy atom. The van der Waals surface area contributed by atoms with Crippen LogP contribution in [0.3, 0.4) is 0 Å². The Bertz CT molecular complexity index is 1690. The number of hydrogen-bond donors (Lipinski definition) is 4. The fraction of sp³-hybridized carbons (Fsp3) is 0.632. The van der Waals surface area contributed by atoms with Gasteiger partial charge in [-0.15, -0.1) is 0 Å². The number of nitrogens with one attached hydrogen (secondary N) is 3. The molecular weight excluding hydrogens is 713 g/mol. The highest BCUT2D eigenvalue weighted by molar-refractivity contribution is 5.88. The molecule has 2 heterocycles. The smallest absolute Gasteiger partial charge is 0.437 e. The minimum absolute atomic E-state index is 0.0399. The van der Waals surface area contributed by atoms with Crippen LogP contribution >= 0.6 is 0 Å². The first-order valence-corrected chi connectivity index (χ1v) is 18.3. The van der Waals surface area contributed by atoms with Gasteiger partial charge in [0, 0.05) is 11.3 Å². The molecule has 54 heavy (non-hydrogen) atoms. The van der Waals surface area contributed by atoms with Crippen molar-refractivity contribution >= 4 is 28.9 Å². The third-order valence-corrected chi connectivity index (χ3v) is 9.02. The number of carbonyl (C=O) groups is 3. The first kappa shape index (κ1) is 42.6.